The zero-order valence-corrected chi connectivity index (χ0v) is 16.0. The number of carbonyl (C=O) groups excluding carboxylic acids is 2. The van der Waals surface area contributed by atoms with Gasteiger partial charge in [0.15, 0.2) is 16.8 Å². The number of hydrogen-bond acceptors (Lipinski definition) is 6. The highest BCUT2D eigenvalue weighted by atomic mass is 32.2. The second-order valence-electron chi connectivity index (χ2n) is 5.89. The number of nitrogens with one attached hydrogen (secondary N) is 2. The molecule has 2 heterocycles. The third kappa shape index (κ3) is 4.46. The van der Waals surface area contributed by atoms with Crippen LogP contribution in [0.4, 0.5) is 5.69 Å². The van der Waals surface area contributed by atoms with Crippen LogP contribution in [0.2, 0.25) is 0 Å². The molecule has 0 bridgehead atoms. The van der Waals surface area contributed by atoms with E-state index in [1.54, 1.807) is 6.20 Å². The van der Waals surface area contributed by atoms with Crippen LogP contribution in [0.5, 0.6) is 0 Å². The number of dihydropyridines is 1. The molecule has 2 N–H and O–H groups in total. The van der Waals surface area contributed by atoms with Crippen LogP contribution in [0.1, 0.15) is 19.7 Å². The Kier molecular flexibility index (Phi) is 6.08. The normalized spacial score (nSPS) is 13.4. The minimum absolute atomic E-state index is 0.0319. The predicted octanol–water partition coefficient (Wildman–Crippen LogP) is 2.49. The Balaban J connectivity index is 1.73. The number of rotatable bonds is 7. The standard InChI is InChI=1S/C19H21N5O2S/c1-3-24-18(15-9-10-20-11-16(15)13(2)25)22-23-19(24)27-12-17(26)21-14-7-5-4-6-8-14/h4-9,11,20H,3,10,12H2,1-2H3,(H,21,26). The molecule has 0 atom stereocenters. The van der Waals surface area contributed by atoms with E-state index in [9.17, 15) is 9.59 Å². The highest BCUT2D eigenvalue weighted by Crippen LogP contribution is 2.27. The summed E-state index contributed by atoms with van der Waals surface area (Å²) in [5.74, 6) is 0.731. The summed E-state index contributed by atoms with van der Waals surface area (Å²) in [6.07, 6.45) is 3.65. The van der Waals surface area contributed by atoms with E-state index in [0.717, 1.165) is 11.3 Å². The van der Waals surface area contributed by atoms with E-state index in [4.69, 9.17) is 0 Å². The number of benzene rings is 1. The number of nitrogens with zero attached hydrogens (tertiary/aromatic N) is 3. The average molecular weight is 383 g/mol. The lowest BCUT2D eigenvalue weighted by Gasteiger charge is -2.15. The molecular formula is C19H21N5O2S. The highest BCUT2D eigenvalue weighted by molar-refractivity contribution is 7.99. The molecule has 1 aromatic heterocycles. The number of carbonyl (C=O) groups is 2. The molecule has 0 saturated carbocycles. The van der Waals surface area contributed by atoms with E-state index in [0.29, 0.717) is 29.6 Å². The molecule has 0 fully saturated rings. The lowest BCUT2D eigenvalue weighted by Crippen LogP contribution is -2.18. The summed E-state index contributed by atoms with van der Waals surface area (Å²) in [5, 5.41) is 15.1. The van der Waals surface area contributed by atoms with Crippen molar-refractivity contribution < 1.29 is 9.59 Å². The van der Waals surface area contributed by atoms with Gasteiger partial charge in [-0.25, -0.2) is 0 Å². The maximum absolute atomic E-state index is 12.2. The number of thioether (sulfide) groups is 1. The Morgan fingerprint density at radius 1 is 1.26 bits per heavy atom. The van der Waals surface area contributed by atoms with Crippen molar-refractivity contribution in [1.29, 1.82) is 0 Å². The molecule has 1 aromatic carbocycles. The molecule has 3 rings (SSSR count). The van der Waals surface area contributed by atoms with E-state index in [-0.39, 0.29) is 17.4 Å². The molecule has 1 aliphatic rings. The zero-order valence-electron chi connectivity index (χ0n) is 15.2. The minimum Gasteiger partial charge on any atom is -0.387 e. The van der Waals surface area contributed by atoms with Gasteiger partial charge in [0.1, 0.15) is 0 Å². The molecule has 2 aromatic rings. The number of anilines is 1. The molecule has 0 spiro atoms. The molecule has 140 valence electrons. The van der Waals surface area contributed by atoms with E-state index >= 15 is 0 Å². The molecule has 1 amide bonds. The molecular weight excluding hydrogens is 362 g/mol. The Bertz CT molecular complexity index is 902. The third-order valence-electron chi connectivity index (χ3n) is 4.00. The molecule has 8 heteroatoms. The summed E-state index contributed by atoms with van der Waals surface area (Å²) in [5.41, 5.74) is 2.12. The van der Waals surface area contributed by atoms with Gasteiger partial charge in [-0.2, -0.15) is 0 Å². The van der Waals surface area contributed by atoms with Crippen LogP contribution in [-0.4, -0.2) is 38.8 Å². The van der Waals surface area contributed by atoms with Gasteiger partial charge >= 0.3 is 0 Å². The smallest absolute Gasteiger partial charge is 0.234 e. The van der Waals surface area contributed by atoms with Crippen molar-refractivity contribution in [3.05, 3.63) is 54.0 Å². The van der Waals surface area contributed by atoms with E-state index in [1.165, 1.54) is 18.7 Å². The molecule has 0 aliphatic carbocycles. The van der Waals surface area contributed by atoms with Gasteiger partial charge in [-0.15, -0.1) is 10.2 Å². The Morgan fingerprint density at radius 3 is 2.74 bits per heavy atom. The summed E-state index contributed by atoms with van der Waals surface area (Å²) < 4.78 is 1.92. The van der Waals surface area contributed by atoms with Gasteiger partial charge in [0.2, 0.25) is 5.91 Å². The SMILES string of the molecule is CCn1c(SCC(=O)Nc2ccccc2)nnc1C1=CCNC=C1C(C)=O. The van der Waals surface area contributed by atoms with Gasteiger partial charge < -0.3 is 15.2 Å². The van der Waals surface area contributed by atoms with Gasteiger partial charge in [0, 0.05) is 36.1 Å². The van der Waals surface area contributed by atoms with Crippen LogP contribution < -0.4 is 10.6 Å². The van der Waals surface area contributed by atoms with Crippen LogP contribution in [0.3, 0.4) is 0 Å². The fraction of sp³-hybridized carbons (Fsp3) is 0.263. The van der Waals surface area contributed by atoms with Crippen LogP contribution in [0, 0.1) is 0 Å². The van der Waals surface area contributed by atoms with Crippen molar-refractivity contribution >= 4 is 34.7 Å². The second kappa shape index (κ2) is 8.68. The van der Waals surface area contributed by atoms with E-state index < -0.39 is 0 Å². The first kappa shape index (κ1) is 18.9. The van der Waals surface area contributed by atoms with Gasteiger partial charge in [-0.1, -0.05) is 36.0 Å². The lowest BCUT2D eigenvalue weighted by molar-refractivity contribution is -0.114. The number of Topliss-reactive ketones (excluding diaryl/α,β-unsaturated/α-hetero) is 1. The first-order chi connectivity index (χ1) is 13.1. The summed E-state index contributed by atoms with van der Waals surface area (Å²) in [6.45, 7) is 4.79. The van der Waals surface area contributed by atoms with Crippen LogP contribution >= 0.6 is 11.8 Å². The monoisotopic (exact) mass is 383 g/mol. The first-order valence-electron chi connectivity index (χ1n) is 8.66. The summed E-state index contributed by atoms with van der Waals surface area (Å²) in [4.78, 5) is 24.1. The summed E-state index contributed by atoms with van der Waals surface area (Å²) in [6, 6.07) is 9.32. The van der Waals surface area contributed by atoms with Crippen molar-refractivity contribution in [3.63, 3.8) is 0 Å². The Morgan fingerprint density at radius 2 is 2.04 bits per heavy atom. The van der Waals surface area contributed by atoms with Gasteiger partial charge in [-0.3, -0.25) is 9.59 Å². The number of amides is 1. The summed E-state index contributed by atoms with van der Waals surface area (Å²) in [7, 11) is 0. The number of aromatic nitrogens is 3. The Hall–Kier alpha value is -2.87. The van der Waals surface area contributed by atoms with Crippen molar-refractivity contribution in [2.24, 2.45) is 0 Å². The molecule has 1 aliphatic heterocycles. The maximum Gasteiger partial charge on any atom is 0.234 e. The second-order valence-corrected chi connectivity index (χ2v) is 6.84. The molecule has 27 heavy (non-hydrogen) atoms. The fourth-order valence-electron chi connectivity index (χ4n) is 2.74. The number of allylic oxidation sites excluding steroid dienone is 2. The first-order valence-corrected chi connectivity index (χ1v) is 9.65. The van der Waals surface area contributed by atoms with E-state index in [1.807, 2.05) is 47.9 Å². The maximum atomic E-state index is 12.2. The topological polar surface area (TPSA) is 88.9 Å². The predicted molar refractivity (Wildman–Crippen MR) is 106 cm³/mol. The van der Waals surface area contributed by atoms with Gasteiger partial charge in [0.05, 0.1) is 5.75 Å². The highest BCUT2D eigenvalue weighted by Gasteiger charge is 2.22. The van der Waals surface area contributed by atoms with Crippen LogP contribution in [0.25, 0.3) is 5.57 Å². The van der Waals surface area contributed by atoms with Gasteiger partial charge in [0.25, 0.3) is 0 Å². The fourth-order valence-corrected chi connectivity index (χ4v) is 3.54. The minimum atomic E-state index is -0.108. The molecule has 0 unspecified atom stereocenters. The van der Waals surface area contributed by atoms with Crippen molar-refractivity contribution in [3.8, 4) is 0 Å². The molecule has 0 radical (unpaired) electrons. The number of hydrogen-bond donors (Lipinski definition) is 2. The lowest BCUT2D eigenvalue weighted by atomic mass is 10.0. The van der Waals surface area contributed by atoms with E-state index in [2.05, 4.69) is 20.8 Å². The van der Waals surface area contributed by atoms with Crippen LogP contribution in [0.15, 0.2) is 53.3 Å². The quantitative estimate of drug-likeness (QED) is 0.714. The molecule has 0 saturated heterocycles. The zero-order chi connectivity index (χ0) is 19.2. The van der Waals surface area contributed by atoms with Gasteiger partial charge in [-0.05, 0) is 26.0 Å². The average Bonchev–Trinajstić information content (AvgIpc) is 3.10. The van der Waals surface area contributed by atoms with Crippen LogP contribution in [-0.2, 0) is 16.1 Å². The van der Waals surface area contributed by atoms with Crippen molar-refractivity contribution in [2.45, 2.75) is 25.5 Å². The van der Waals surface area contributed by atoms with Crippen molar-refractivity contribution in [1.82, 2.24) is 20.1 Å². The van der Waals surface area contributed by atoms with Crippen molar-refractivity contribution in [2.75, 3.05) is 17.6 Å². The number of ketones is 1. The molecule has 7 nitrogen and oxygen atoms in total. The Labute approximate surface area is 161 Å². The summed E-state index contributed by atoms with van der Waals surface area (Å²) >= 11 is 1.32. The largest absolute Gasteiger partial charge is 0.387 e. The third-order valence-corrected chi connectivity index (χ3v) is 4.97. The number of para-hydroxylation sites is 1.